The Labute approximate surface area is 95.8 Å². The number of pyridine rings is 1. The molecule has 1 atom stereocenters. The Morgan fingerprint density at radius 1 is 1.62 bits per heavy atom. The molecule has 1 aliphatic heterocycles. The van der Waals surface area contributed by atoms with Crippen molar-refractivity contribution in [2.45, 2.75) is 25.8 Å². The smallest absolute Gasteiger partial charge is 0.246 e. The van der Waals surface area contributed by atoms with Gasteiger partial charge >= 0.3 is 0 Å². The van der Waals surface area contributed by atoms with Gasteiger partial charge in [0.2, 0.25) is 5.91 Å². The molecule has 0 spiro atoms. The maximum Gasteiger partial charge on any atom is 0.246 e. The van der Waals surface area contributed by atoms with E-state index in [1.54, 1.807) is 18.3 Å². The van der Waals surface area contributed by atoms with E-state index in [4.69, 9.17) is 0 Å². The quantitative estimate of drug-likeness (QED) is 0.711. The van der Waals surface area contributed by atoms with Crippen LogP contribution in [-0.2, 0) is 4.79 Å². The fraction of sp³-hybridized carbons (Fsp3) is 0.385. The highest BCUT2D eigenvalue weighted by Crippen LogP contribution is 2.31. The summed E-state index contributed by atoms with van der Waals surface area (Å²) in [5, 5.41) is 0. The highest BCUT2D eigenvalue weighted by atomic mass is 16.2. The Kier molecular flexibility index (Phi) is 3.34. The van der Waals surface area contributed by atoms with E-state index >= 15 is 0 Å². The van der Waals surface area contributed by atoms with Gasteiger partial charge in [0.1, 0.15) is 0 Å². The van der Waals surface area contributed by atoms with Crippen molar-refractivity contribution in [2.75, 3.05) is 6.54 Å². The summed E-state index contributed by atoms with van der Waals surface area (Å²) in [7, 11) is 0. The number of hydrogen-bond donors (Lipinski definition) is 0. The summed E-state index contributed by atoms with van der Waals surface area (Å²) < 4.78 is 0. The van der Waals surface area contributed by atoms with Gasteiger partial charge in [0.15, 0.2) is 0 Å². The van der Waals surface area contributed by atoms with Gasteiger partial charge in [-0.3, -0.25) is 9.78 Å². The molecule has 0 radical (unpaired) electrons. The second-order valence-electron chi connectivity index (χ2n) is 3.98. The van der Waals surface area contributed by atoms with Crippen LogP contribution in [0.1, 0.15) is 31.4 Å². The average molecular weight is 216 g/mol. The van der Waals surface area contributed by atoms with Crippen LogP contribution in [0.5, 0.6) is 0 Å². The van der Waals surface area contributed by atoms with Crippen LogP contribution in [0, 0.1) is 0 Å². The number of nitrogens with zero attached hydrogens (tertiary/aromatic N) is 2. The number of carbonyl (C=O) groups excluding carboxylic acids is 1. The second kappa shape index (κ2) is 4.92. The fourth-order valence-electron chi connectivity index (χ4n) is 2.19. The predicted molar refractivity (Wildman–Crippen MR) is 62.7 cm³/mol. The van der Waals surface area contributed by atoms with Gasteiger partial charge in [0.25, 0.3) is 0 Å². The number of hydrogen-bond acceptors (Lipinski definition) is 2. The van der Waals surface area contributed by atoms with Crippen LogP contribution in [0.2, 0.25) is 0 Å². The zero-order valence-corrected chi connectivity index (χ0v) is 9.47. The number of amides is 1. The highest BCUT2D eigenvalue weighted by molar-refractivity contribution is 5.88. The molecule has 0 N–H and O–H groups in total. The standard InChI is InChI=1S/C13H16N2O/c1-2-5-13(16)15-9-4-7-12(15)11-6-3-8-14-10-11/h2-3,5-6,8,10,12H,4,7,9H2,1H3. The van der Waals surface area contributed by atoms with Gasteiger partial charge in [-0.2, -0.15) is 0 Å². The van der Waals surface area contributed by atoms with Gasteiger partial charge in [-0.25, -0.2) is 0 Å². The highest BCUT2D eigenvalue weighted by Gasteiger charge is 2.28. The van der Waals surface area contributed by atoms with E-state index in [0.717, 1.165) is 24.9 Å². The summed E-state index contributed by atoms with van der Waals surface area (Å²) in [6.07, 6.45) is 9.15. The maximum atomic E-state index is 11.8. The number of rotatable bonds is 2. The Bertz CT molecular complexity index is 386. The molecule has 0 saturated carbocycles. The number of likely N-dealkylation sites (tertiary alicyclic amines) is 1. The van der Waals surface area contributed by atoms with Crippen molar-refractivity contribution in [1.82, 2.24) is 9.88 Å². The van der Waals surface area contributed by atoms with Crippen molar-refractivity contribution in [2.24, 2.45) is 0 Å². The molecule has 0 aliphatic carbocycles. The third-order valence-electron chi connectivity index (χ3n) is 2.91. The second-order valence-corrected chi connectivity index (χ2v) is 3.98. The van der Waals surface area contributed by atoms with Gasteiger partial charge in [-0.1, -0.05) is 12.1 Å². The zero-order chi connectivity index (χ0) is 11.4. The summed E-state index contributed by atoms with van der Waals surface area (Å²) >= 11 is 0. The zero-order valence-electron chi connectivity index (χ0n) is 9.47. The minimum Gasteiger partial charge on any atom is -0.332 e. The van der Waals surface area contributed by atoms with E-state index in [-0.39, 0.29) is 11.9 Å². The summed E-state index contributed by atoms with van der Waals surface area (Å²) in [5.41, 5.74) is 1.14. The first kappa shape index (κ1) is 10.9. The van der Waals surface area contributed by atoms with Crippen LogP contribution in [0.25, 0.3) is 0 Å². The molecule has 84 valence electrons. The topological polar surface area (TPSA) is 33.2 Å². The first-order valence-electron chi connectivity index (χ1n) is 5.66. The molecule has 2 rings (SSSR count). The summed E-state index contributed by atoms with van der Waals surface area (Å²) in [5.74, 6) is 0.105. The lowest BCUT2D eigenvalue weighted by Crippen LogP contribution is -2.28. The van der Waals surface area contributed by atoms with Crippen molar-refractivity contribution in [3.05, 3.63) is 42.2 Å². The molecular formula is C13H16N2O. The van der Waals surface area contributed by atoms with Gasteiger partial charge < -0.3 is 4.90 Å². The largest absolute Gasteiger partial charge is 0.332 e. The summed E-state index contributed by atoms with van der Waals surface area (Å²) in [6.45, 7) is 2.72. The summed E-state index contributed by atoms with van der Waals surface area (Å²) in [4.78, 5) is 17.9. The molecule has 3 heteroatoms. The molecule has 0 bridgehead atoms. The van der Waals surface area contributed by atoms with Crippen molar-refractivity contribution < 1.29 is 4.79 Å². The van der Waals surface area contributed by atoms with Crippen LogP contribution in [0.4, 0.5) is 0 Å². The lowest BCUT2D eigenvalue weighted by molar-refractivity contribution is -0.126. The SMILES string of the molecule is CC=CC(=O)N1CCCC1c1cccnc1. The van der Waals surface area contributed by atoms with Crippen LogP contribution >= 0.6 is 0 Å². The van der Waals surface area contributed by atoms with E-state index in [1.807, 2.05) is 30.2 Å². The Morgan fingerprint density at radius 2 is 2.50 bits per heavy atom. The lowest BCUT2D eigenvalue weighted by Gasteiger charge is -2.23. The van der Waals surface area contributed by atoms with Crippen LogP contribution in [-0.4, -0.2) is 22.3 Å². The Morgan fingerprint density at radius 3 is 3.19 bits per heavy atom. The molecule has 1 amide bonds. The fourth-order valence-corrected chi connectivity index (χ4v) is 2.19. The van der Waals surface area contributed by atoms with Gasteiger partial charge in [-0.15, -0.1) is 0 Å². The van der Waals surface area contributed by atoms with Gasteiger partial charge in [-0.05, 0) is 37.5 Å². The third kappa shape index (κ3) is 2.13. The predicted octanol–water partition coefficient (Wildman–Crippen LogP) is 2.32. The van der Waals surface area contributed by atoms with Crippen molar-refractivity contribution >= 4 is 5.91 Å². The monoisotopic (exact) mass is 216 g/mol. The minimum atomic E-state index is 0.105. The lowest BCUT2D eigenvalue weighted by atomic mass is 10.1. The molecule has 1 aromatic heterocycles. The minimum absolute atomic E-state index is 0.105. The number of allylic oxidation sites excluding steroid dienone is 1. The van der Waals surface area contributed by atoms with Crippen molar-refractivity contribution in [3.8, 4) is 0 Å². The number of carbonyl (C=O) groups is 1. The Balaban J connectivity index is 2.18. The summed E-state index contributed by atoms with van der Waals surface area (Å²) in [6, 6.07) is 4.17. The van der Waals surface area contributed by atoms with Crippen LogP contribution < -0.4 is 0 Å². The average Bonchev–Trinajstić information content (AvgIpc) is 2.79. The molecule has 1 unspecified atom stereocenters. The van der Waals surface area contributed by atoms with Crippen LogP contribution in [0.15, 0.2) is 36.7 Å². The first-order chi connectivity index (χ1) is 7.83. The molecule has 1 aliphatic rings. The number of aromatic nitrogens is 1. The molecule has 2 heterocycles. The third-order valence-corrected chi connectivity index (χ3v) is 2.91. The molecule has 3 nitrogen and oxygen atoms in total. The molecule has 16 heavy (non-hydrogen) atoms. The van der Waals surface area contributed by atoms with Gasteiger partial charge in [0, 0.05) is 18.9 Å². The van der Waals surface area contributed by atoms with Crippen molar-refractivity contribution in [3.63, 3.8) is 0 Å². The molecule has 1 saturated heterocycles. The van der Waals surface area contributed by atoms with Gasteiger partial charge in [0.05, 0.1) is 6.04 Å². The van der Waals surface area contributed by atoms with E-state index in [0.29, 0.717) is 0 Å². The van der Waals surface area contributed by atoms with Crippen molar-refractivity contribution in [1.29, 1.82) is 0 Å². The first-order valence-corrected chi connectivity index (χ1v) is 5.66. The molecular weight excluding hydrogens is 200 g/mol. The molecule has 0 aromatic carbocycles. The van der Waals surface area contributed by atoms with E-state index in [9.17, 15) is 4.79 Å². The molecule has 1 aromatic rings. The van der Waals surface area contributed by atoms with E-state index in [2.05, 4.69) is 4.98 Å². The van der Waals surface area contributed by atoms with Crippen LogP contribution in [0.3, 0.4) is 0 Å². The van der Waals surface area contributed by atoms with E-state index < -0.39 is 0 Å². The molecule has 1 fully saturated rings. The maximum absolute atomic E-state index is 11.8. The normalized spacial score (nSPS) is 20.6. The van der Waals surface area contributed by atoms with E-state index in [1.165, 1.54) is 0 Å². The Hall–Kier alpha value is -1.64.